The number of anilines is 1. The Morgan fingerprint density at radius 3 is 2.24 bits per heavy atom. The highest BCUT2D eigenvalue weighted by atomic mass is 79.9. The van der Waals surface area contributed by atoms with E-state index in [1.54, 1.807) is 0 Å². The number of amides is 1. The number of hydrogen-bond donors (Lipinski definition) is 2. The Bertz CT molecular complexity index is 711. The Labute approximate surface area is 137 Å². The molecule has 7 nitrogen and oxygen atoms in total. The summed E-state index contributed by atoms with van der Waals surface area (Å²) in [5, 5.41) is 13.1. The number of carboxylic acids is 1. The minimum Gasteiger partial charge on any atom is -0.478 e. The van der Waals surface area contributed by atoms with Gasteiger partial charge in [0.1, 0.15) is 5.25 Å². The molecule has 21 heavy (non-hydrogen) atoms. The van der Waals surface area contributed by atoms with E-state index in [-0.39, 0.29) is 18.5 Å². The van der Waals surface area contributed by atoms with Crippen LogP contribution >= 0.6 is 31.9 Å². The number of primary sulfonamides is 1. The zero-order valence-electron chi connectivity index (χ0n) is 10.4. The van der Waals surface area contributed by atoms with Gasteiger partial charge in [0.15, 0.2) is 0 Å². The number of benzene rings is 1. The highest BCUT2D eigenvalue weighted by molar-refractivity contribution is 9.11. The molecule has 1 aromatic carbocycles. The van der Waals surface area contributed by atoms with Crippen LogP contribution in [0.1, 0.15) is 16.8 Å². The van der Waals surface area contributed by atoms with E-state index in [9.17, 15) is 18.0 Å². The van der Waals surface area contributed by atoms with Crippen molar-refractivity contribution in [2.45, 2.75) is 11.7 Å². The molecule has 10 heteroatoms. The second kappa shape index (κ2) is 5.67. The molecule has 114 valence electrons. The summed E-state index contributed by atoms with van der Waals surface area (Å²) in [4.78, 5) is 24.2. The topological polar surface area (TPSA) is 118 Å². The first-order valence-corrected chi connectivity index (χ1v) is 8.85. The van der Waals surface area contributed by atoms with Gasteiger partial charge in [-0.15, -0.1) is 0 Å². The Morgan fingerprint density at radius 1 is 1.33 bits per heavy atom. The van der Waals surface area contributed by atoms with Crippen LogP contribution in [0.5, 0.6) is 0 Å². The second-order valence-corrected chi connectivity index (χ2v) is 8.07. The molecule has 0 saturated carbocycles. The van der Waals surface area contributed by atoms with Crippen LogP contribution in [0.4, 0.5) is 5.69 Å². The van der Waals surface area contributed by atoms with Crippen LogP contribution < -0.4 is 10.0 Å². The van der Waals surface area contributed by atoms with E-state index in [0.717, 1.165) is 0 Å². The van der Waals surface area contributed by atoms with Crippen LogP contribution in [0.3, 0.4) is 0 Å². The van der Waals surface area contributed by atoms with E-state index in [1.165, 1.54) is 17.0 Å². The van der Waals surface area contributed by atoms with Gasteiger partial charge in [0, 0.05) is 21.9 Å². The zero-order valence-corrected chi connectivity index (χ0v) is 14.4. The Hall–Kier alpha value is -0.970. The number of sulfonamides is 1. The third-order valence-electron chi connectivity index (χ3n) is 3.09. The van der Waals surface area contributed by atoms with Gasteiger partial charge in [-0.25, -0.2) is 18.4 Å². The summed E-state index contributed by atoms with van der Waals surface area (Å²) in [7, 11) is -3.81. The molecule has 0 aromatic heterocycles. The number of nitrogens with zero attached hydrogens (tertiary/aromatic N) is 1. The maximum Gasteiger partial charge on any atom is 0.335 e. The van der Waals surface area contributed by atoms with Crippen LogP contribution in [0.25, 0.3) is 0 Å². The van der Waals surface area contributed by atoms with Crippen LogP contribution in [0.2, 0.25) is 0 Å². The van der Waals surface area contributed by atoms with Gasteiger partial charge in [-0.05, 0) is 44.0 Å². The molecule has 1 aromatic rings. The molecule has 1 atom stereocenters. The standard InChI is InChI=1S/C11H10Br2N2O5S/c12-7-1-5(11(17)18)2-8(13)10(7)15-4-6(3-9(15)16)21(14,19)20/h1-2,6H,3-4H2,(H,17,18)(H2,14,19,20). The maximum absolute atomic E-state index is 12.0. The van der Waals surface area contributed by atoms with Gasteiger partial charge in [0.2, 0.25) is 15.9 Å². The van der Waals surface area contributed by atoms with E-state index < -0.39 is 27.1 Å². The molecule has 1 heterocycles. The molecular weight excluding hydrogens is 432 g/mol. The van der Waals surface area contributed by atoms with Crippen molar-refractivity contribution in [3.8, 4) is 0 Å². The quantitative estimate of drug-likeness (QED) is 0.732. The van der Waals surface area contributed by atoms with Gasteiger partial charge < -0.3 is 10.0 Å². The number of carboxylic acid groups (broad SMARTS) is 1. The fraction of sp³-hybridized carbons (Fsp3) is 0.273. The van der Waals surface area contributed by atoms with Crippen molar-refractivity contribution in [2.75, 3.05) is 11.4 Å². The van der Waals surface area contributed by atoms with Crippen molar-refractivity contribution in [1.82, 2.24) is 0 Å². The molecule has 1 aliphatic heterocycles. The molecule has 2 rings (SSSR count). The smallest absolute Gasteiger partial charge is 0.335 e. The largest absolute Gasteiger partial charge is 0.478 e. The van der Waals surface area contributed by atoms with Gasteiger partial charge in [-0.3, -0.25) is 4.79 Å². The lowest BCUT2D eigenvalue weighted by molar-refractivity contribution is -0.117. The molecule has 0 bridgehead atoms. The molecule has 1 fully saturated rings. The Morgan fingerprint density at radius 2 is 1.86 bits per heavy atom. The highest BCUT2D eigenvalue weighted by Crippen LogP contribution is 2.38. The Balaban J connectivity index is 2.44. The van der Waals surface area contributed by atoms with Crippen LogP contribution in [0.15, 0.2) is 21.1 Å². The lowest BCUT2D eigenvalue weighted by Crippen LogP contribution is -2.32. The third-order valence-corrected chi connectivity index (χ3v) is 5.54. The number of carbonyl (C=O) groups is 2. The van der Waals surface area contributed by atoms with E-state index in [1.807, 2.05) is 0 Å². The predicted molar refractivity (Wildman–Crippen MR) is 82.7 cm³/mol. The van der Waals surface area contributed by atoms with Crippen LogP contribution in [-0.4, -0.2) is 37.2 Å². The average molecular weight is 442 g/mol. The van der Waals surface area contributed by atoms with Crippen LogP contribution in [-0.2, 0) is 14.8 Å². The molecule has 3 N–H and O–H groups in total. The zero-order chi connectivity index (χ0) is 15.9. The lowest BCUT2D eigenvalue weighted by Gasteiger charge is -2.20. The van der Waals surface area contributed by atoms with E-state index in [0.29, 0.717) is 14.6 Å². The summed E-state index contributed by atoms with van der Waals surface area (Å²) in [6.07, 6.45) is -0.196. The number of rotatable bonds is 3. The number of nitrogens with two attached hydrogens (primary N) is 1. The number of hydrogen-bond acceptors (Lipinski definition) is 4. The molecule has 1 unspecified atom stereocenters. The van der Waals surface area contributed by atoms with Crippen LogP contribution in [0, 0.1) is 0 Å². The van der Waals surface area contributed by atoms with Crippen molar-refractivity contribution < 1.29 is 23.1 Å². The van der Waals surface area contributed by atoms with Crippen molar-refractivity contribution in [2.24, 2.45) is 5.14 Å². The molecule has 1 amide bonds. The average Bonchev–Trinajstić information content (AvgIpc) is 2.70. The summed E-state index contributed by atoms with van der Waals surface area (Å²) >= 11 is 6.41. The lowest BCUT2D eigenvalue weighted by atomic mass is 10.2. The van der Waals surface area contributed by atoms with Gasteiger partial charge in [-0.1, -0.05) is 0 Å². The number of carbonyl (C=O) groups excluding carboxylic acids is 1. The van der Waals surface area contributed by atoms with Gasteiger partial charge in [0.25, 0.3) is 0 Å². The first-order valence-electron chi connectivity index (χ1n) is 5.65. The summed E-state index contributed by atoms with van der Waals surface area (Å²) in [6, 6.07) is 2.69. The number of halogens is 2. The molecule has 0 aliphatic carbocycles. The summed E-state index contributed by atoms with van der Waals surface area (Å²) < 4.78 is 23.5. The maximum atomic E-state index is 12.0. The molecule has 1 saturated heterocycles. The van der Waals surface area contributed by atoms with Crippen molar-refractivity contribution in [3.05, 3.63) is 26.6 Å². The second-order valence-electron chi connectivity index (χ2n) is 4.51. The third kappa shape index (κ3) is 3.28. The van der Waals surface area contributed by atoms with Gasteiger partial charge in [-0.2, -0.15) is 0 Å². The van der Waals surface area contributed by atoms with Crippen molar-refractivity contribution in [1.29, 1.82) is 0 Å². The fourth-order valence-electron chi connectivity index (χ4n) is 2.06. The molecule has 0 radical (unpaired) electrons. The predicted octanol–water partition coefficient (Wildman–Crippen LogP) is 1.30. The Kier molecular flexibility index (Phi) is 4.43. The van der Waals surface area contributed by atoms with Gasteiger partial charge >= 0.3 is 5.97 Å². The van der Waals surface area contributed by atoms with Crippen molar-refractivity contribution >= 4 is 59.4 Å². The minimum absolute atomic E-state index is 0.0344. The monoisotopic (exact) mass is 440 g/mol. The van der Waals surface area contributed by atoms with Crippen molar-refractivity contribution in [3.63, 3.8) is 0 Å². The molecule has 0 spiro atoms. The normalized spacial score (nSPS) is 19.1. The van der Waals surface area contributed by atoms with E-state index >= 15 is 0 Å². The molecular formula is C11H10Br2N2O5S. The summed E-state index contributed by atoms with van der Waals surface area (Å²) in [6.45, 7) is -0.0682. The minimum atomic E-state index is -3.81. The highest BCUT2D eigenvalue weighted by Gasteiger charge is 2.38. The van der Waals surface area contributed by atoms with Gasteiger partial charge in [0.05, 0.1) is 11.3 Å². The van der Waals surface area contributed by atoms with E-state index in [4.69, 9.17) is 10.2 Å². The SMILES string of the molecule is NS(=O)(=O)C1CC(=O)N(c2c(Br)cc(C(=O)O)cc2Br)C1. The summed E-state index contributed by atoms with van der Waals surface area (Å²) in [5.74, 6) is -1.50. The number of aromatic carboxylic acids is 1. The molecule has 1 aliphatic rings. The first kappa shape index (κ1) is 16.4. The first-order chi connectivity index (χ1) is 9.61. The summed E-state index contributed by atoms with van der Waals surface area (Å²) in [5.41, 5.74) is 0.420. The van der Waals surface area contributed by atoms with E-state index in [2.05, 4.69) is 31.9 Å². The fourth-order valence-corrected chi connectivity index (χ4v) is 4.40.